The first kappa shape index (κ1) is 22.8. The third kappa shape index (κ3) is 4.30. The maximum atomic E-state index is 13.8. The highest BCUT2D eigenvalue weighted by atomic mass is 16.5. The van der Waals surface area contributed by atoms with Crippen LogP contribution in [0, 0.1) is 0 Å². The second-order valence-electron chi connectivity index (χ2n) is 8.86. The molecule has 2 amide bonds. The molecule has 2 atom stereocenters. The number of hydrogen-bond acceptors (Lipinski definition) is 5. The van der Waals surface area contributed by atoms with Crippen molar-refractivity contribution >= 4 is 23.2 Å². The van der Waals surface area contributed by atoms with Gasteiger partial charge in [0.05, 0.1) is 30.8 Å². The van der Waals surface area contributed by atoms with Crippen molar-refractivity contribution in [1.29, 1.82) is 0 Å². The van der Waals surface area contributed by atoms with Gasteiger partial charge in [-0.15, -0.1) is 0 Å². The summed E-state index contributed by atoms with van der Waals surface area (Å²) in [6, 6.07) is 18.2. The van der Waals surface area contributed by atoms with Gasteiger partial charge in [0.25, 0.3) is 0 Å². The van der Waals surface area contributed by atoms with E-state index < -0.39 is 6.04 Å². The van der Waals surface area contributed by atoms with E-state index in [1.165, 1.54) is 0 Å². The largest absolute Gasteiger partial charge is 0.497 e. The van der Waals surface area contributed by atoms with E-state index in [4.69, 9.17) is 9.15 Å². The average molecular weight is 472 g/mol. The molecular formula is C28H29N3O4. The standard InChI is InChI=1S/C28H29N3O4/c1-3-14-29-28(33)31-23-8-5-4-7-21(23)30-22-16-19(25-9-6-15-35-25)17-24(32)26(22)27(31)18-10-12-20(34-2)13-11-18/h4-13,15,19,27,30H,3,14,16-17H2,1-2H3,(H,29,33)/t19-,27-/m0/s1. The third-order valence-electron chi connectivity index (χ3n) is 6.61. The van der Waals surface area contributed by atoms with Gasteiger partial charge in [0.15, 0.2) is 5.78 Å². The van der Waals surface area contributed by atoms with Crippen LogP contribution in [0.5, 0.6) is 5.75 Å². The summed E-state index contributed by atoms with van der Waals surface area (Å²) in [5.74, 6) is 1.45. The molecule has 5 rings (SSSR count). The van der Waals surface area contributed by atoms with Gasteiger partial charge in [-0.1, -0.05) is 31.2 Å². The van der Waals surface area contributed by atoms with Gasteiger partial charge in [0.1, 0.15) is 11.5 Å². The van der Waals surface area contributed by atoms with E-state index in [0.717, 1.165) is 34.8 Å². The highest BCUT2D eigenvalue weighted by molar-refractivity contribution is 6.06. The number of para-hydroxylation sites is 2. The predicted molar refractivity (Wildman–Crippen MR) is 135 cm³/mol. The van der Waals surface area contributed by atoms with Crippen molar-refractivity contribution in [3.8, 4) is 5.75 Å². The number of rotatable bonds is 5. The minimum Gasteiger partial charge on any atom is -0.497 e. The Balaban J connectivity index is 1.69. The lowest BCUT2D eigenvalue weighted by Crippen LogP contribution is -2.44. The number of benzene rings is 2. The fraction of sp³-hybridized carbons (Fsp3) is 0.286. The fourth-order valence-electron chi connectivity index (χ4n) is 4.96. The maximum absolute atomic E-state index is 13.8. The molecule has 1 aliphatic carbocycles. The number of anilines is 2. The Hall–Kier alpha value is -4.00. The molecule has 1 aliphatic heterocycles. The number of Topliss-reactive ketones (excluding diaryl/α,β-unsaturated/α-hetero) is 1. The summed E-state index contributed by atoms with van der Waals surface area (Å²) in [5.41, 5.74) is 3.78. The van der Waals surface area contributed by atoms with E-state index in [0.29, 0.717) is 30.7 Å². The van der Waals surface area contributed by atoms with Crippen molar-refractivity contribution in [2.24, 2.45) is 0 Å². The molecular weight excluding hydrogens is 442 g/mol. The molecule has 0 saturated heterocycles. The zero-order valence-corrected chi connectivity index (χ0v) is 19.9. The van der Waals surface area contributed by atoms with Gasteiger partial charge in [0, 0.05) is 30.2 Å². The molecule has 0 radical (unpaired) electrons. The summed E-state index contributed by atoms with van der Waals surface area (Å²) in [6.07, 6.45) is 3.38. The highest BCUT2D eigenvalue weighted by Crippen LogP contribution is 2.47. The van der Waals surface area contributed by atoms with E-state index in [9.17, 15) is 9.59 Å². The number of nitrogens with one attached hydrogen (secondary N) is 2. The molecule has 7 nitrogen and oxygen atoms in total. The Morgan fingerprint density at radius 3 is 2.63 bits per heavy atom. The van der Waals surface area contributed by atoms with Crippen LogP contribution in [0.2, 0.25) is 0 Å². The van der Waals surface area contributed by atoms with Crippen LogP contribution >= 0.6 is 0 Å². The van der Waals surface area contributed by atoms with Crippen LogP contribution in [-0.4, -0.2) is 25.5 Å². The van der Waals surface area contributed by atoms with Crippen LogP contribution in [0.4, 0.5) is 16.2 Å². The van der Waals surface area contributed by atoms with Crippen molar-refractivity contribution in [1.82, 2.24) is 5.32 Å². The molecule has 7 heteroatoms. The third-order valence-corrected chi connectivity index (χ3v) is 6.61. The average Bonchev–Trinajstić information content (AvgIpc) is 3.37. The number of urea groups is 1. The zero-order valence-electron chi connectivity index (χ0n) is 19.9. The van der Waals surface area contributed by atoms with Gasteiger partial charge in [0.2, 0.25) is 0 Å². The van der Waals surface area contributed by atoms with Gasteiger partial charge in [-0.3, -0.25) is 9.69 Å². The van der Waals surface area contributed by atoms with Crippen LogP contribution in [0.25, 0.3) is 0 Å². The Kier molecular flexibility index (Phi) is 6.31. The summed E-state index contributed by atoms with van der Waals surface area (Å²) in [6.45, 7) is 2.56. The van der Waals surface area contributed by atoms with E-state index in [2.05, 4.69) is 10.6 Å². The molecule has 180 valence electrons. The van der Waals surface area contributed by atoms with Crippen molar-refractivity contribution in [3.05, 3.63) is 89.5 Å². The van der Waals surface area contributed by atoms with Crippen LogP contribution in [0.15, 0.2) is 82.6 Å². The number of ether oxygens (including phenoxy) is 1. The first-order chi connectivity index (χ1) is 17.1. The molecule has 2 heterocycles. The van der Waals surface area contributed by atoms with Crippen molar-refractivity contribution in [3.63, 3.8) is 0 Å². The number of allylic oxidation sites excluding steroid dienone is 1. The lowest BCUT2D eigenvalue weighted by Gasteiger charge is -2.34. The lowest BCUT2D eigenvalue weighted by atomic mass is 9.80. The molecule has 0 unspecified atom stereocenters. The molecule has 0 bridgehead atoms. The zero-order chi connectivity index (χ0) is 24.4. The Bertz CT molecular complexity index is 1250. The van der Waals surface area contributed by atoms with Crippen molar-refractivity contribution < 1.29 is 18.7 Å². The normalized spacial score (nSPS) is 19.4. The van der Waals surface area contributed by atoms with Crippen LogP contribution in [-0.2, 0) is 4.79 Å². The van der Waals surface area contributed by atoms with Crippen molar-refractivity contribution in [2.75, 3.05) is 23.9 Å². The number of nitrogens with zero attached hydrogens (tertiary/aromatic N) is 1. The maximum Gasteiger partial charge on any atom is 0.322 e. The molecule has 0 spiro atoms. The Labute approximate surface area is 204 Å². The first-order valence-corrected chi connectivity index (χ1v) is 12.0. The molecule has 1 aromatic heterocycles. The number of methoxy groups -OCH3 is 1. The fourth-order valence-corrected chi connectivity index (χ4v) is 4.96. The van der Waals surface area contributed by atoms with Crippen molar-refractivity contribution in [2.45, 2.75) is 38.1 Å². The highest BCUT2D eigenvalue weighted by Gasteiger charge is 2.42. The molecule has 35 heavy (non-hydrogen) atoms. The summed E-state index contributed by atoms with van der Waals surface area (Å²) < 4.78 is 11.0. The molecule has 3 aromatic rings. The number of furan rings is 1. The van der Waals surface area contributed by atoms with Crippen LogP contribution < -0.4 is 20.3 Å². The Morgan fingerprint density at radius 1 is 1.11 bits per heavy atom. The summed E-state index contributed by atoms with van der Waals surface area (Å²) in [7, 11) is 1.62. The van der Waals surface area contributed by atoms with E-state index in [1.54, 1.807) is 18.3 Å². The van der Waals surface area contributed by atoms with Crippen LogP contribution in [0.3, 0.4) is 0 Å². The minimum atomic E-state index is -0.589. The number of amides is 2. The molecule has 0 fully saturated rings. The van der Waals surface area contributed by atoms with Gasteiger partial charge in [-0.2, -0.15) is 0 Å². The lowest BCUT2D eigenvalue weighted by molar-refractivity contribution is -0.116. The minimum absolute atomic E-state index is 0.00191. The van der Waals surface area contributed by atoms with Gasteiger partial charge >= 0.3 is 6.03 Å². The monoisotopic (exact) mass is 471 g/mol. The SMILES string of the molecule is CCCNC(=O)N1c2ccccc2NC2=C(C(=O)C[C@@H](c3ccco3)C2)[C@@H]1c1ccc(OC)cc1. The second-order valence-corrected chi connectivity index (χ2v) is 8.86. The Morgan fingerprint density at radius 2 is 1.91 bits per heavy atom. The smallest absolute Gasteiger partial charge is 0.322 e. The van der Waals surface area contributed by atoms with E-state index in [1.807, 2.05) is 67.6 Å². The first-order valence-electron chi connectivity index (χ1n) is 12.0. The van der Waals surface area contributed by atoms with Gasteiger partial charge < -0.3 is 19.8 Å². The molecule has 2 aliphatic rings. The number of hydrogen-bond donors (Lipinski definition) is 2. The summed E-state index contributed by atoms with van der Waals surface area (Å²) >= 11 is 0. The number of ketones is 1. The number of carbonyl (C=O) groups is 2. The van der Waals surface area contributed by atoms with E-state index >= 15 is 0 Å². The van der Waals surface area contributed by atoms with Gasteiger partial charge in [-0.05, 0) is 54.8 Å². The number of fused-ring (bicyclic) bond motifs is 1. The summed E-state index contributed by atoms with van der Waals surface area (Å²) in [4.78, 5) is 29.1. The molecule has 2 aromatic carbocycles. The quantitative estimate of drug-likeness (QED) is 0.493. The number of carbonyl (C=O) groups excluding carboxylic acids is 2. The van der Waals surface area contributed by atoms with Crippen LogP contribution in [0.1, 0.15) is 49.5 Å². The van der Waals surface area contributed by atoms with E-state index in [-0.39, 0.29) is 17.7 Å². The topological polar surface area (TPSA) is 83.8 Å². The predicted octanol–water partition coefficient (Wildman–Crippen LogP) is 5.78. The molecule has 2 N–H and O–H groups in total. The van der Waals surface area contributed by atoms with Gasteiger partial charge in [-0.25, -0.2) is 4.79 Å². The summed E-state index contributed by atoms with van der Waals surface area (Å²) in [5, 5.41) is 6.54. The molecule has 0 saturated carbocycles. The second kappa shape index (κ2) is 9.70.